The molecule has 0 aliphatic rings. The molecule has 0 saturated heterocycles. The molecule has 1 atom stereocenters. The number of carbonyl (C=O) groups is 1. The van der Waals surface area contributed by atoms with Crippen molar-refractivity contribution in [2.45, 2.75) is 33.2 Å². The van der Waals surface area contributed by atoms with Crippen LogP contribution in [0.15, 0.2) is 0 Å². The highest BCUT2D eigenvalue weighted by Gasteiger charge is 2.21. The molecule has 0 unspecified atom stereocenters. The number of hydrogen-bond donors (Lipinski definition) is 2. The van der Waals surface area contributed by atoms with Gasteiger partial charge in [-0.15, -0.1) is 0 Å². The van der Waals surface area contributed by atoms with Gasteiger partial charge in [-0.2, -0.15) is 0 Å². The van der Waals surface area contributed by atoms with Gasteiger partial charge in [-0.25, -0.2) is 0 Å². The number of nitrogens with one attached hydrogen (secondary N) is 1. The van der Waals surface area contributed by atoms with Gasteiger partial charge in [0.2, 0.25) is 5.91 Å². The van der Waals surface area contributed by atoms with Gasteiger partial charge in [-0.1, -0.05) is 20.8 Å². The Hall–Kier alpha value is -0.610. The molecule has 0 aromatic heterocycles. The van der Waals surface area contributed by atoms with Gasteiger partial charge in [0.15, 0.2) is 0 Å². The summed E-state index contributed by atoms with van der Waals surface area (Å²) in [4.78, 5) is 13.6. The van der Waals surface area contributed by atoms with Crippen LogP contribution < -0.4 is 11.1 Å². The minimum absolute atomic E-state index is 0.0515. The first-order valence-corrected chi connectivity index (χ1v) is 5.46. The van der Waals surface area contributed by atoms with Crippen LogP contribution in [-0.4, -0.2) is 44.0 Å². The largest absolute Gasteiger partial charge is 0.354 e. The summed E-state index contributed by atoms with van der Waals surface area (Å²) in [5.74, 6) is -0.0515. The lowest BCUT2D eigenvalue weighted by molar-refractivity contribution is -0.122. The molecule has 0 fully saturated rings. The highest BCUT2D eigenvalue weighted by atomic mass is 16.2. The molecule has 90 valence electrons. The second kappa shape index (κ2) is 6.08. The molecule has 0 rings (SSSR count). The van der Waals surface area contributed by atoms with Crippen molar-refractivity contribution in [3.63, 3.8) is 0 Å². The maximum Gasteiger partial charge on any atom is 0.236 e. The number of nitrogens with zero attached hydrogens (tertiary/aromatic N) is 1. The van der Waals surface area contributed by atoms with E-state index in [9.17, 15) is 4.79 Å². The fraction of sp³-hybridized carbons (Fsp3) is 0.909. The lowest BCUT2D eigenvalue weighted by Crippen LogP contribution is -2.46. The van der Waals surface area contributed by atoms with E-state index in [0.29, 0.717) is 13.0 Å². The van der Waals surface area contributed by atoms with Crippen LogP contribution in [0.3, 0.4) is 0 Å². The van der Waals surface area contributed by atoms with Crippen LogP contribution in [0.1, 0.15) is 27.2 Å². The number of carbonyl (C=O) groups excluding carboxylic acids is 1. The zero-order chi connectivity index (χ0) is 12.1. The van der Waals surface area contributed by atoms with Crippen molar-refractivity contribution < 1.29 is 4.79 Å². The van der Waals surface area contributed by atoms with E-state index in [1.165, 1.54) is 0 Å². The summed E-state index contributed by atoms with van der Waals surface area (Å²) >= 11 is 0. The smallest absolute Gasteiger partial charge is 0.236 e. The molecule has 4 heteroatoms. The van der Waals surface area contributed by atoms with E-state index in [1.54, 1.807) is 0 Å². The average molecular weight is 215 g/mol. The minimum atomic E-state index is -0.375. The Labute approximate surface area is 93.2 Å². The van der Waals surface area contributed by atoms with Gasteiger partial charge < -0.3 is 16.0 Å². The van der Waals surface area contributed by atoms with Crippen LogP contribution in [0.5, 0.6) is 0 Å². The number of hydrogen-bond acceptors (Lipinski definition) is 3. The van der Waals surface area contributed by atoms with E-state index in [1.807, 2.05) is 21.0 Å². The topological polar surface area (TPSA) is 58.4 Å². The highest BCUT2D eigenvalue weighted by Crippen LogP contribution is 2.14. The summed E-state index contributed by atoms with van der Waals surface area (Å²) in [6.45, 7) is 7.77. The monoisotopic (exact) mass is 215 g/mol. The maximum atomic E-state index is 11.5. The Morgan fingerprint density at radius 1 is 1.47 bits per heavy atom. The van der Waals surface area contributed by atoms with E-state index >= 15 is 0 Å². The van der Waals surface area contributed by atoms with Crippen LogP contribution in [0.4, 0.5) is 0 Å². The highest BCUT2D eigenvalue weighted by molar-refractivity contribution is 5.81. The van der Waals surface area contributed by atoms with Crippen molar-refractivity contribution in [2.75, 3.05) is 27.2 Å². The molecule has 0 aliphatic heterocycles. The lowest BCUT2D eigenvalue weighted by Gasteiger charge is -2.28. The molecule has 15 heavy (non-hydrogen) atoms. The SMILES string of the molecule is CC[C@H](N)C(=O)NCC(C)(C)CN(C)C. The predicted octanol–water partition coefficient (Wildman–Crippen LogP) is 0.428. The fourth-order valence-electron chi connectivity index (χ4n) is 1.55. The van der Waals surface area contributed by atoms with Crippen molar-refractivity contribution >= 4 is 5.91 Å². The van der Waals surface area contributed by atoms with Crippen LogP contribution in [0, 0.1) is 5.41 Å². The zero-order valence-electron chi connectivity index (χ0n) is 10.6. The van der Waals surface area contributed by atoms with Gasteiger partial charge in [0, 0.05) is 13.1 Å². The third-order valence-electron chi connectivity index (χ3n) is 2.26. The third kappa shape index (κ3) is 6.47. The van der Waals surface area contributed by atoms with Gasteiger partial charge in [-0.05, 0) is 25.9 Å². The number of amides is 1. The Morgan fingerprint density at radius 2 is 2.00 bits per heavy atom. The van der Waals surface area contributed by atoms with E-state index in [-0.39, 0.29) is 17.4 Å². The van der Waals surface area contributed by atoms with Crippen LogP contribution in [-0.2, 0) is 4.79 Å². The molecule has 0 bridgehead atoms. The Bertz CT molecular complexity index is 202. The molecule has 0 radical (unpaired) electrons. The first-order valence-electron chi connectivity index (χ1n) is 5.46. The van der Waals surface area contributed by atoms with Gasteiger partial charge in [-0.3, -0.25) is 4.79 Å². The van der Waals surface area contributed by atoms with Gasteiger partial charge in [0.1, 0.15) is 0 Å². The Kier molecular flexibility index (Phi) is 5.83. The molecule has 0 aromatic carbocycles. The van der Waals surface area contributed by atoms with E-state index < -0.39 is 0 Å². The predicted molar refractivity (Wildman–Crippen MR) is 63.6 cm³/mol. The minimum Gasteiger partial charge on any atom is -0.354 e. The lowest BCUT2D eigenvalue weighted by atomic mass is 9.93. The Balaban J connectivity index is 3.98. The summed E-state index contributed by atoms with van der Waals surface area (Å²) in [5.41, 5.74) is 5.70. The normalized spacial score (nSPS) is 14.1. The van der Waals surface area contributed by atoms with E-state index in [0.717, 1.165) is 6.54 Å². The fourth-order valence-corrected chi connectivity index (χ4v) is 1.55. The van der Waals surface area contributed by atoms with Crippen LogP contribution >= 0.6 is 0 Å². The van der Waals surface area contributed by atoms with Crippen molar-refractivity contribution in [2.24, 2.45) is 11.1 Å². The van der Waals surface area contributed by atoms with Crippen molar-refractivity contribution in [1.29, 1.82) is 0 Å². The van der Waals surface area contributed by atoms with E-state index in [4.69, 9.17) is 5.73 Å². The van der Waals surface area contributed by atoms with Crippen LogP contribution in [0.25, 0.3) is 0 Å². The molecule has 0 saturated carbocycles. The first-order chi connectivity index (χ1) is 6.78. The quantitative estimate of drug-likeness (QED) is 0.675. The number of nitrogens with two attached hydrogens (primary N) is 1. The second-order valence-corrected chi connectivity index (χ2v) is 5.13. The van der Waals surface area contributed by atoms with Gasteiger partial charge in [0.25, 0.3) is 0 Å². The molecule has 0 aromatic rings. The molecule has 0 heterocycles. The van der Waals surface area contributed by atoms with E-state index in [2.05, 4.69) is 24.1 Å². The standard InChI is InChI=1S/C11H25N3O/c1-6-9(12)10(15)13-7-11(2,3)8-14(4)5/h9H,6-8,12H2,1-5H3,(H,13,15)/t9-/m0/s1. The molecular formula is C11H25N3O. The molecule has 1 amide bonds. The summed E-state index contributed by atoms with van der Waals surface area (Å²) in [7, 11) is 4.06. The molecule has 0 spiro atoms. The van der Waals surface area contributed by atoms with Crippen molar-refractivity contribution in [3.05, 3.63) is 0 Å². The molecule has 3 N–H and O–H groups in total. The van der Waals surface area contributed by atoms with Crippen molar-refractivity contribution in [3.8, 4) is 0 Å². The number of rotatable bonds is 6. The summed E-state index contributed by atoms with van der Waals surface area (Å²) < 4.78 is 0. The molecule has 0 aliphatic carbocycles. The second-order valence-electron chi connectivity index (χ2n) is 5.13. The molecular weight excluding hydrogens is 190 g/mol. The summed E-state index contributed by atoms with van der Waals surface area (Å²) in [6.07, 6.45) is 0.680. The van der Waals surface area contributed by atoms with Crippen LogP contribution in [0.2, 0.25) is 0 Å². The van der Waals surface area contributed by atoms with Gasteiger partial charge in [0.05, 0.1) is 6.04 Å². The van der Waals surface area contributed by atoms with Gasteiger partial charge >= 0.3 is 0 Å². The Morgan fingerprint density at radius 3 is 2.40 bits per heavy atom. The van der Waals surface area contributed by atoms with Crippen molar-refractivity contribution in [1.82, 2.24) is 10.2 Å². The third-order valence-corrected chi connectivity index (χ3v) is 2.26. The summed E-state index contributed by atoms with van der Waals surface area (Å²) in [6, 6.07) is -0.375. The average Bonchev–Trinajstić information content (AvgIpc) is 2.11. The summed E-state index contributed by atoms with van der Waals surface area (Å²) in [5, 5.41) is 2.89. The molecule has 4 nitrogen and oxygen atoms in total. The maximum absolute atomic E-state index is 11.5. The first kappa shape index (κ1) is 14.4. The zero-order valence-corrected chi connectivity index (χ0v) is 10.6.